The molecule has 1 atom stereocenters. The van der Waals surface area contributed by atoms with Gasteiger partial charge in [-0.25, -0.2) is 0 Å². The number of hydrogen-bond donors (Lipinski definition) is 1. The van der Waals surface area contributed by atoms with Gasteiger partial charge < -0.3 is 5.32 Å². The van der Waals surface area contributed by atoms with Gasteiger partial charge in [0, 0.05) is 10.5 Å². The number of benzene rings is 1. The van der Waals surface area contributed by atoms with Crippen LogP contribution in [0.3, 0.4) is 0 Å². The Kier molecular flexibility index (Phi) is 10.0. The summed E-state index contributed by atoms with van der Waals surface area (Å²) in [5.41, 5.74) is 2.74. The molecule has 0 spiro atoms. The van der Waals surface area contributed by atoms with Crippen LogP contribution in [0.25, 0.3) is 0 Å². The van der Waals surface area contributed by atoms with Crippen molar-refractivity contribution in [1.29, 1.82) is 0 Å². The molecule has 1 rings (SSSR count). The number of rotatable bonds is 11. The van der Waals surface area contributed by atoms with Crippen molar-refractivity contribution in [3.8, 4) is 0 Å². The van der Waals surface area contributed by atoms with Gasteiger partial charge in [-0.15, -0.1) is 0 Å². The Balaban J connectivity index is 2.23. The molecule has 1 unspecified atom stereocenters. The molecule has 0 saturated carbocycles. The van der Waals surface area contributed by atoms with Gasteiger partial charge in [-0.05, 0) is 37.6 Å². The molecule has 1 nitrogen and oxygen atoms in total. The van der Waals surface area contributed by atoms with Crippen LogP contribution in [-0.2, 0) is 0 Å². The van der Waals surface area contributed by atoms with Crippen LogP contribution in [0, 0.1) is 6.92 Å². The fourth-order valence-electron chi connectivity index (χ4n) is 2.84. The Bertz CT molecular complexity index is 389. The highest BCUT2D eigenvalue weighted by atomic mass is 79.9. The summed E-state index contributed by atoms with van der Waals surface area (Å²) < 4.78 is 1.20. The molecule has 2 heteroatoms. The number of nitrogens with one attached hydrogen (secondary N) is 1. The maximum absolute atomic E-state index is 3.58. The molecule has 0 amide bonds. The van der Waals surface area contributed by atoms with Crippen molar-refractivity contribution >= 4 is 15.9 Å². The first-order chi connectivity index (χ1) is 10.2. The lowest BCUT2D eigenvalue weighted by atomic mass is 9.98. The Morgan fingerprint density at radius 1 is 1.00 bits per heavy atom. The molecule has 0 fully saturated rings. The maximum Gasteiger partial charge on any atom is 0.0317 e. The van der Waals surface area contributed by atoms with Crippen molar-refractivity contribution in [2.75, 3.05) is 7.05 Å². The predicted octanol–water partition coefficient (Wildman–Crippen LogP) is 6.55. The molecule has 0 heterocycles. The average molecular weight is 354 g/mol. The van der Waals surface area contributed by atoms with Crippen LogP contribution in [-0.4, -0.2) is 7.05 Å². The van der Waals surface area contributed by atoms with Crippen LogP contribution >= 0.6 is 15.9 Å². The van der Waals surface area contributed by atoms with Gasteiger partial charge >= 0.3 is 0 Å². The summed E-state index contributed by atoms with van der Waals surface area (Å²) >= 11 is 3.58. The summed E-state index contributed by atoms with van der Waals surface area (Å²) in [5.74, 6) is 0. The van der Waals surface area contributed by atoms with Gasteiger partial charge in [-0.1, -0.05) is 86.4 Å². The lowest BCUT2D eigenvalue weighted by molar-refractivity contribution is 0.494. The maximum atomic E-state index is 3.58. The first kappa shape index (κ1) is 18.7. The second-order valence-corrected chi connectivity index (χ2v) is 6.97. The van der Waals surface area contributed by atoms with Crippen molar-refractivity contribution in [2.24, 2.45) is 0 Å². The quantitative estimate of drug-likeness (QED) is 0.444. The number of halogens is 1. The molecule has 21 heavy (non-hydrogen) atoms. The second-order valence-electron chi connectivity index (χ2n) is 6.11. The third kappa shape index (κ3) is 7.46. The van der Waals surface area contributed by atoms with Gasteiger partial charge in [0.25, 0.3) is 0 Å². The van der Waals surface area contributed by atoms with Crippen LogP contribution < -0.4 is 5.32 Å². The van der Waals surface area contributed by atoms with Gasteiger partial charge in [0.1, 0.15) is 0 Å². The first-order valence-electron chi connectivity index (χ1n) is 8.62. The van der Waals surface area contributed by atoms with E-state index in [-0.39, 0.29) is 0 Å². The van der Waals surface area contributed by atoms with E-state index in [4.69, 9.17) is 0 Å². The zero-order valence-corrected chi connectivity index (χ0v) is 15.6. The summed E-state index contributed by atoms with van der Waals surface area (Å²) in [6.07, 6.45) is 12.4. The van der Waals surface area contributed by atoms with Gasteiger partial charge in [0.05, 0.1) is 0 Å². The molecule has 0 aliphatic heterocycles. The largest absolute Gasteiger partial charge is 0.313 e. The van der Waals surface area contributed by atoms with Crippen molar-refractivity contribution in [1.82, 2.24) is 5.32 Å². The molecule has 0 aliphatic rings. The highest BCUT2D eigenvalue weighted by Gasteiger charge is 2.09. The minimum atomic E-state index is 0.497. The lowest BCUT2D eigenvalue weighted by Gasteiger charge is -2.17. The fraction of sp³-hybridized carbons (Fsp3) is 0.684. The van der Waals surface area contributed by atoms with Crippen LogP contribution in [0.1, 0.15) is 81.9 Å². The summed E-state index contributed by atoms with van der Waals surface area (Å²) in [7, 11) is 2.08. The van der Waals surface area contributed by atoms with Gasteiger partial charge in [0.15, 0.2) is 0 Å². The van der Waals surface area contributed by atoms with Crippen LogP contribution in [0.15, 0.2) is 22.7 Å². The van der Waals surface area contributed by atoms with Gasteiger partial charge in [0.2, 0.25) is 0 Å². The van der Waals surface area contributed by atoms with E-state index < -0.39 is 0 Å². The van der Waals surface area contributed by atoms with E-state index >= 15 is 0 Å². The molecule has 120 valence electrons. The van der Waals surface area contributed by atoms with E-state index in [1.54, 1.807) is 0 Å². The van der Waals surface area contributed by atoms with Crippen molar-refractivity contribution in [3.63, 3.8) is 0 Å². The predicted molar refractivity (Wildman–Crippen MR) is 97.9 cm³/mol. The molecule has 1 aromatic rings. The molecule has 0 aromatic heterocycles. The zero-order valence-electron chi connectivity index (χ0n) is 14.1. The second kappa shape index (κ2) is 11.3. The van der Waals surface area contributed by atoms with E-state index in [1.165, 1.54) is 73.4 Å². The Morgan fingerprint density at radius 3 is 2.19 bits per heavy atom. The van der Waals surface area contributed by atoms with Crippen LogP contribution in [0.5, 0.6) is 0 Å². The minimum Gasteiger partial charge on any atom is -0.313 e. The Hall–Kier alpha value is -0.340. The molecule has 1 aromatic carbocycles. The molecular weight excluding hydrogens is 322 g/mol. The van der Waals surface area contributed by atoms with E-state index in [2.05, 4.69) is 60.3 Å². The zero-order chi connectivity index (χ0) is 15.5. The summed E-state index contributed by atoms with van der Waals surface area (Å²) in [5, 5.41) is 3.47. The van der Waals surface area contributed by atoms with E-state index in [0.29, 0.717) is 6.04 Å². The molecule has 0 aliphatic carbocycles. The van der Waals surface area contributed by atoms with E-state index in [1.807, 2.05) is 0 Å². The van der Waals surface area contributed by atoms with Crippen LogP contribution in [0.4, 0.5) is 0 Å². The molecule has 0 bridgehead atoms. The molecule has 0 saturated heterocycles. The smallest absolute Gasteiger partial charge is 0.0317 e. The van der Waals surface area contributed by atoms with E-state index in [9.17, 15) is 0 Å². The lowest BCUT2D eigenvalue weighted by Crippen LogP contribution is -2.16. The highest BCUT2D eigenvalue weighted by molar-refractivity contribution is 9.10. The Labute approximate surface area is 140 Å². The van der Waals surface area contributed by atoms with Gasteiger partial charge in [-0.3, -0.25) is 0 Å². The molecular formula is C19H32BrN. The number of hydrogen-bond acceptors (Lipinski definition) is 1. The van der Waals surface area contributed by atoms with Crippen molar-refractivity contribution in [3.05, 3.63) is 33.8 Å². The topological polar surface area (TPSA) is 12.0 Å². The first-order valence-corrected chi connectivity index (χ1v) is 9.41. The monoisotopic (exact) mass is 353 g/mol. The third-order valence-corrected chi connectivity index (χ3v) is 5.17. The molecule has 1 N–H and O–H groups in total. The van der Waals surface area contributed by atoms with Crippen molar-refractivity contribution < 1.29 is 0 Å². The SMILES string of the molecule is CCCCCCCCCCC(NC)c1ccc(Br)c(C)c1. The standard InChI is InChI=1S/C19H32BrN/c1-4-5-6-7-8-9-10-11-12-19(21-3)17-13-14-18(20)16(2)15-17/h13-15,19,21H,4-12H2,1-3H3. The Morgan fingerprint density at radius 2 is 1.62 bits per heavy atom. The minimum absolute atomic E-state index is 0.497. The summed E-state index contributed by atoms with van der Waals surface area (Å²) in [4.78, 5) is 0. The summed E-state index contributed by atoms with van der Waals surface area (Å²) in [6.45, 7) is 4.44. The van der Waals surface area contributed by atoms with Crippen LogP contribution in [0.2, 0.25) is 0 Å². The number of unbranched alkanes of at least 4 members (excludes halogenated alkanes) is 7. The van der Waals surface area contributed by atoms with E-state index in [0.717, 1.165) is 0 Å². The highest BCUT2D eigenvalue weighted by Crippen LogP contribution is 2.24. The van der Waals surface area contributed by atoms with Gasteiger partial charge in [-0.2, -0.15) is 0 Å². The normalized spacial score (nSPS) is 12.6. The molecule has 0 radical (unpaired) electrons. The summed E-state index contributed by atoms with van der Waals surface area (Å²) in [6, 6.07) is 7.21. The fourth-order valence-corrected chi connectivity index (χ4v) is 3.09. The average Bonchev–Trinajstić information content (AvgIpc) is 2.49. The number of aryl methyl sites for hydroxylation is 1. The van der Waals surface area contributed by atoms with Crippen molar-refractivity contribution in [2.45, 2.75) is 77.7 Å². The third-order valence-electron chi connectivity index (χ3n) is 4.28.